The molecule has 10 atom stereocenters. The van der Waals surface area contributed by atoms with Crippen LogP contribution in [0.25, 0.3) is 0 Å². The Morgan fingerprint density at radius 2 is 1.73 bits per heavy atom. The number of ether oxygens (including phenoxy) is 1. The van der Waals surface area contributed by atoms with E-state index >= 15 is 0 Å². The predicted octanol–water partition coefficient (Wildman–Crippen LogP) is 8.66. The molecule has 190 valence electrons. The number of carbonyl (C=O) groups excluding carboxylic acids is 1. The molecule has 0 aromatic carbocycles. The standard InChI is InChI=1S/C30H51BrO2/c1-19(2)8-7-9-20(3)25-12-13-26-24-11-10-23-16-28(33-21(4)32)22(18-31)17-30(23,6)27(24)14-15-29(25,26)5/h19-20,22-28H,7-18H2,1-6H3/t20-,22+,23+,24+,25-,26+,27+,28-,29-,30+/m1/s1. The lowest BCUT2D eigenvalue weighted by molar-refractivity contribution is -0.169. The molecule has 0 N–H and O–H groups in total. The van der Waals surface area contributed by atoms with E-state index in [1.165, 1.54) is 64.2 Å². The molecule has 0 amide bonds. The van der Waals surface area contributed by atoms with Gasteiger partial charge in [-0.2, -0.15) is 0 Å². The van der Waals surface area contributed by atoms with Crippen molar-refractivity contribution in [3.63, 3.8) is 0 Å². The van der Waals surface area contributed by atoms with Crippen LogP contribution in [0, 0.1) is 58.2 Å². The van der Waals surface area contributed by atoms with Crippen LogP contribution in [0.1, 0.15) is 112 Å². The first-order chi connectivity index (χ1) is 15.6. The highest BCUT2D eigenvalue weighted by Crippen LogP contribution is 2.69. The van der Waals surface area contributed by atoms with Crippen molar-refractivity contribution >= 4 is 21.9 Å². The number of alkyl halides is 1. The number of rotatable bonds is 7. The zero-order valence-corrected chi connectivity index (χ0v) is 24.0. The van der Waals surface area contributed by atoms with Crippen LogP contribution < -0.4 is 0 Å². The smallest absolute Gasteiger partial charge is 0.302 e. The van der Waals surface area contributed by atoms with Gasteiger partial charge in [0.1, 0.15) is 6.10 Å². The number of carbonyl (C=O) groups is 1. The highest BCUT2D eigenvalue weighted by Gasteiger charge is 2.61. The highest BCUT2D eigenvalue weighted by atomic mass is 79.9. The van der Waals surface area contributed by atoms with Gasteiger partial charge >= 0.3 is 5.97 Å². The van der Waals surface area contributed by atoms with E-state index in [0.717, 1.165) is 53.2 Å². The average Bonchev–Trinajstić information content (AvgIpc) is 3.10. The fraction of sp³-hybridized carbons (Fsp3) is 0.967. The van der Waals surface area contributed by atoms with Crippen molar-refractivity contribution in [3.8, 4) is 0 Å². The minimum Gasteiger partial charge on any atom is -0.462 e. The van der Waals surface area contributed by atoms with Crippen LogP contribution in [0.15, 0.2) is 0 Å². The van der Waals surface area contributed by atoms with Crippen molar-refractivity contribution in [2.75, 3.05) is 5.33 Å². The summed E-state index contributed by atoms with van der Waals surface area (Å²) in [7, 11) is 0. The van der Waals surface area contributed by atoms with Gasteiger partial charge < -0.3 is 4.74 Å². The van der Waals surface area contributed by atoms with Crippen LogP contribution in [-0.2, 0) is 9.53 Å². The third-order valence-electron chi connectivity index (χ3n) is 11.5. The lowest BCUT2D eigenvalue weighted by Gasteiger charge is -2.62. The van der Waals surface area contributed by atoms with Crippen LogP contribution >= 0.6 is 15.9 Å². The molecule has 0 aromatic rings. The molecule has 3 heteroatoms. The first-order valence-corrected chi connectivity index (χ1v) is 15.5. The van der Waals surface area contributed by atoms with E-state index in [1.807, 2.05) is 0 Å². The van der Waals surface area contributed by atoms with E-state index in [-0.39, 0.29) is 12.1 Å². The normalized spacial score (nSPS) is 45.8. The van der Waals surface area contributed by atoms with E-state index in [2.05, 4.69) is 50.5 Å². The summed E-state index contributed by atoms with van der Waals surface area (Å²) in [5.74, 6) is 6.53. The Hall–Kier alpha value is -0.0500. The molecule has 0 aliphatic heterocycles. The Labute approximate surface area is 212 Å². The van der Waals surface area contributed by atoms with Crippen molar-refractivity contribution in [1.82, 2.24) is 0 Å². The summed E-state index contributed by atoms with van der Waals surface area (Å²) in [5, 5.41) is 0.960. The van der Waals surface area contributed by atoms with Crippen LogP contribution in [0.5, 0.6) is 0 Å². The van der Waals surface area contributed by atoms with Crippen LogP contribution in [0.2, 0.25) is 0 Å². The molecular formula is C30H51BrO2. The first-order valence-electron chi connectivity index (χ1n) is 14.3. The van der Waals surface area contributed by atoms with Gasteiger partial charge in [-0.3, -0.25) is 4.79 Å². The van der Waals surface area contributed by atoms with E-state index < -0.39 is 0 Å². The fourth-order valence-corrected chi connectivity index (χ4v) is 10.6. The summed E-state index contributed by atoms with van der Waals surface area (Å²) in [5.41, 5.74) is 1.01. The van der Waals surface area contributed by atoms with Gasteiger partial charge in [-0.15, -0.1) is 0 Å². The molecule has 4 aliphatic rings. The molecule has 0 spiro atoms. The summed E-state index contributed by atoms with van der Waals surface area (Å²) in [6, 6.07) is 0. The van der Waals surface area contributed by atoms with Gasteiger partial charge in [0.05, 0.1) is 0 Å². The van der Waals surface area contributed by atoms with Gasteiger partial charge in [0.25, 0.3) is 0 Å². The van der Waals surface area contributed by atoms with E-state index in [0.29, 0.717) is 16.7 Å². The van der Waals surface area contributed by atoms with Gasteiger partial charge in [0.2, 0.25) is 0 Å². The average molecular weight is 524 g/mol. The maximum absolute atomic E-state index is 11.7. The summed E-state index contributed by atoms with van der Waals surface area (Å²) in [6.07, 6.45) is 15.3. The zero-order valence-electron chi connectivity index (χ0n) is 22.4. The molecular weight excluding hydrogens is 472 g/mol. The van der Waals surface area contributed by atoms with Crippen LogP contribution in [-0.4, -0.2) is 17.4 Å². The second-order valence-corrected chi connectivity index (χ2v) is 14.3. The van der Waals surface area contributed by atoms with Crippen molar-refractivity contribution < 1.29 is 9.53 Å². The largest absolute Gasteiger partial charge is 0.462 e. The number of fused-ring (bicyclic) bond motifs is 5. The van der Waals surface area contributed by atoms with E-state index in [1.54, 1.807) is 6.92 Å². The van der Waals surface area contributed by atoms with E-state index in [9.17, 15) is 4.79 Å². The van der Waals surface area contributed by atoms with Crippen molar-refractivity contribution in [2.24, 2.45) is 58.2 Å². The van der Waals surface area contributed by atoms with Gasteiger partial charge in [-0.1, -0.05) is 69.8 Å². The Kier molecular flexibility index (Phi) is 7.99. The Balaban J connectivity index is 1.47. The van der Waals surface area contributed by atoms with Crippen LogP contribution in [0.3, 0.4) is 0 Å². The molecule has 0 aromatic heterocycles. The Bertz CT molecular complexity index is 691. The Morgan fingerprint density at radius 3 is 2.39 bits per heavy atom. The SMILES string of the molecule is CC(=O)O[C@@H]1C[C@@H]2CC[C@@H]3[C@H](CC[C@]4(C)[C@@H]([C@H](C)CCCC(C)C)CC[C@@H]34)[C@@]2(C)C[C@H]1CBr. The number of esters is 1. The van der Waals surface area contributed by atoms with Gasteiger partial charge in [0.15, 0.2) is 0 Å². The third kappa shape index (κ3) is 4.84. The highest BCUT2D eigenvalue weighted by molar-refractivity contribution is 9.09. The predicted molar refractivity (Wildman–Crippen MR) is 141 cm³/mol. The molecule has 4 rings (SSSR count). The number of halogens is 1. The van der Waals surface area contributed by atoms with E-state index in [4.69, 9.17) is 4.74 Å². The summed E-state index contributed by atoms with van der Waals surface area (Å²) >= 11 is 3.79. The molecule has 2 nitrogen and oxygen atoms in total. The zero-order chi connectivity index (χ0) is 24.0. The monoisotopic (exact) mass is 522 g/mol. The molecule has 0 bridgehead atoms. The minimum absolute atomic E-state index is 0.101. The van der Waals surface area contributed by atoms with Gasteiger partial charge in [-0.05, 0) is 104 Å². The number of hydrogen-bond donors (Lipinski definition) is 0. The maximum Gasteiger partial charge on any atom is 0.302 e. The molecule has 33 heavy (non-hydrogen) atoms. The summed E-state index contributed by atoms with van der Waals surface area (Å²) < 4.78 is 5.83. The molecule has 0 heterocycles. The number of hydrogen-bond acceptors (Lipinski definition) is 2. The second kappa shape index (κ2) is 10.1. The Morgan fingerprint density at radius 1 is 1.00 bits per heavy atom. The quantitative estimate of drug-likeness (QED) is 0.247. The molecule has 0 unspecified atom stereocenters. The second-order valence-electron chi connectivity index (χ2n) is 13.7. The molecule has 4 saturated carbocycles. The molecule has 4 fully saturated rings. The van der Waals surface area contributed by atoms with Crippen molar-refractivity contribution in [2.45, 2.75) is 118 Å². The minimum atomic E-state index is -0.101. The maximum atomic E-state index is 11.7. The topological polar surface area (TPSA) is 26.3 Å². The summed E-state index contributed by atoms with van der Waals surface area (Å²) in [4.78, 5) is 11.7. The van der Waals surface area contributed by atoms with Crippen molar-refractivity contribution in [1.29, 1.82) is 0 Å². The summed E-state index contributed by atoms with van der Waals surface area (Å²) in [6.45, 7) is 14.2. The lowest BCUT2D eigenvalue weighted by Crippen LogP contribution is -2.56. The molecule has 4 aliphatic carbocycles. The van der Waals surface area contributed by atoms with Crippen LogP contribution in [0.4, 0.5) is 0 Å². The first kappa shape index (κ1) is 26.0. The fourth-order valence-electron chi connectivity index (χ4n) is 9.95. The third-order valence-corrected chi connectivity index (χ3v) is 12.4. The van der Waals surface area contributed by atoms with Gasteiger partial charge in [-0.25, -0.2) is 0 Å². The van der Waals surface area contributed by atoms with Crippen molar-refractivity contribution in [3.05, 3.63) is 0 Å². The lowest BCUT2D eigenvalue weighted by atomic mass is 9.43. The molecule has 0 saturated heterocycles. The molecule has 0 radical (unpaired) electrons. The van der Waals surface area contributed by atoms with Gasteiger partial charge in [0, 0.05) is 18.2 Å².